The molecule has 3 saturated heterocycles. The SMILES string of the molecule is Cc1cc(CN2C[C@@H](CC(=O)NC(C)C)[C@H]3[C@H](CC(=O)N4CCOCC4)OC[C@H]32)no1. The maximum atomic E-state index is 12.9. The van der Waals surface area contributed by atoms with Gasteiger partial charge in [0.25, 0.3) is 0 Å². The Bertz CT molecular complexity index is 776. The lowest BCUT2D eigenvalue weighted by atomic mass is 9.84. The number of amides is 2. The van der Waals surface area contributed by atoms with Gasteiger partial charge in [-0.3, -0.25) is 14.5 Å². The maximum absolute atomic E-state index is 12.9. The first kappa shape index (κ1) is 22.2. The van der Waals surface area contributed by atoms with Crippen LogP contribution in [0.4, 0.5) is 0 Å². The quantitative estimate of drug-likeness (QED) is 0.683. The number of fused-ring (bicyclic) bond motifs is 1. The van der Waals surface area contributed by atoms with Crippen LogP contribution >= 0.6 is 0 Å². The number of aromatic nitrogens is 1. The average Bonchev–Trinajstić information content (AvgIpc) is 3.41. The van der Waals surface area contributed by atoms with Crippen molar-refractivity contribution in [3.63, 3.8) is 0 Å². The number of nitrogens with one attached hydrogen (secondary N) is 1. The molecule has 0 bridgehead atoms. The van der Waals surface area contributed by atoms with Gasteiger partial charge in [0.1, 0.15) is 5.76 Å². The summed E-state index contributed by atoms with van der Waals surface area (Å²) in [6.07, 6.45) is 0.640. The van der Waals surface area contributed by atoms with Crippen LogP contribution in [0.15, 0.2) is 10.6 Å². The maximum Gasteiger partial charge on any atom is 0.225 e. The number of aryl methyl sites for hydroxylation is 1. The van der Waals surface area contributed by atoms with Gasteiger partial charge in [-0.05, 0) is 26.7 Å². The predicted molar refractivity (Wildman–Crippen MR) is 112 cm³/mol. The molecule has 9 heteroatoms. The number of nitrogens with zero attached hydrogens (tertiary/aromatic N) is 3. The molecule has 3 aliphatic heterocycles. The van der Waals surface area contributed by atoms with Gasteiger partial charge in [0.2, 0.25) is 11.8 Å². The van der Waals surface area contributed by atoms with Gasteiger partial charge in [0.05, 0.1) is 38.0 Å². The van der Waals surface area contributed by atoms with E-state index in [1.54, 1.807) is 0 Å². The van der Waals surface area contributed by atoms with Crippen molar-refractivity contribution < 1.29 is 23.6 Å². The Morgan fingerprint density at radius 3 is 2.71 bits per heavy atom. The van der Waals surface area contributed by atoms with E-state index in [1.807, 2.05) is 31.7 Å². The van der Waals surface area contributed by atoms with E-state index >= 15 is 0 Å². The van der Waals surface area contributed by atoms with Crippen LogP contribution < -0.4 is 5.32 Å². The fraction of sp³-hybridized carbons (Fsp3) is 0.773. The number of rotatable bonds is 7. The minimum absolute atomic E-state index is 0.0584. The summed E-state index contributed by atoms with van der Waals surface area (Å²) in [5.74, 6) is 1.25. The molecule has 0 unspecified atom stereocenters. The summed E-state index contributed by atoms with van der Waals surface area (Å²) in [6.45, 7) is 10.3. The Hall–Kier alpha value is -1.97. The number of likely N-dealkylation sites (tertiary alicyclic amines) is 1. The molecule has 3 fully saturated rings. The first-order valence-electron chi connectivity index (χ1n) is 11.3. The fourth-order valence-corrected chi connectivity index (χ4v) is 5.23. The third-order valence-corrected chi connectivity index (χ3v) is 6.52. The second kappa shape index (κ2) is 9.67. The van der Waals surface area contributed by atoms with Crippen LogP contribution in [0.5, 0.6) is 0 Å². The van der Waals surface area contributed by atoms with Gasteiger partial charge in [-0.2, -0.15) is 0 Å². The van der Waals surface area contributed by atoms with E-state index in [1.165, 1.54) is 0 Å². The van der Waals surface area contributed by atoms with Crippen molar-refractivity contribution in [1.29, 1.82) is 0 Å². The van der Waals surface area contributed by atoms with Crippen molar-refractivity contribution in [3.8, 4) is 0 Å². The number of hydrogen-bond donors (Lipinski definition) is 1. The summed E-state index contributed by atoms with van der Waals surface area (Å²) in [5, 5.41) is 7.15. The van der Waals surface area contributed by atoms with E-state index in [9.17, 15) is 9.59 Å². The van der Waals surface area contributed by atoms with Crippen molar-refractivity contribution in [2.75, 3.05) is 39.5 Å². The Morgan fingerprint density at radius 2 is 2.03 bits per heavy atom. The number of ether oxygens (including phenoxy) is 2. The van der Waals surface area contributed by atoms with E-state index in [0.717, 1.165) is 18.0 Å². The standard InChI is InChI=1S/C22H34N4O5/c1-14(2)23-20(27)9-16-11-26(12-17-8-15(3)31-24-17)18-13-30-19(22(16)18)10-21(28)25-4-6-29-7-5-25/h8,14,16,18-19,22H,4-7,9-13H2,1-3H3,(H,23,27)/t16-,18-,19+,22-/m1/s1. The van der Waals surface area contributed by atoms with E-state index in [0.29, 0.717) is 52.3 Å². The van der Waals surface area contributed by atoms with Crippen LogP contribution in [0.3, 0.4) is 0 Å². The molecule has 31 heavy (non-hydrogen) atoms. The van der Waals surface area contributed by atoms with E-state index < -0.39 is 0 Å². The molecule has 0 aromatic carbocycles. The molecular weight excluding hydrogens is 400 g/mol. The highest BCUT2D eigenvalue weighted by molar-refractivity contribution is 5.77. The molecule has 1 aromatic rings. The van der Waals surface area contributed by atoms with Gasteiger partial charge in [-0.15, -0.1) is 0 Å². The summed E-state index contributed by atoms with van der Waals surface area (Å²) >= 11 is 0. The van der Waals surface area contributed by atoms with Crippen molar-refractivity contribution >= 4 is 11.8 Å². The number of carbonyl (C=O) groups excluding carboxylic acids is 2. The third-order valence-electron chi connectivity index (χ3n) is 6.52. The van der Waals surface area contributed by atoms with E-state index in [4.69, 9.17) is 14.0 Å². The van der Waals surface area contributed by atoms with Gasteiger partial charge in [-0.25, -0.2) is 0 Å². The zero-order valence-electron chi connectivity index (χ0n) is 18.7. The molecule has 0 radical (unpaired) electrons. The van der Waals surface area contributed by atoms with Crippen LogP contribution in [-0.4, -0.2) is 84.4 Å². The normalized spacial score (nSPS) is 28.8. The van der Waals surface area contributed by atoms with Gasteiger partial charge in [0.15, 0.2) is 0 Å². The molecule has 0 saturated carbocycles. The highest BCUT2D eigenvalue weighted by Gasteiger charge is 2.51. The van der Waals surface area contributed by atoms with Gasteiger partial charge < -0.3 is 24.2 Å². The first-order valence-corrected chi connectivity index (χ1v) is 11.3. The highest BCUT2D eigenvalue weighted by Crippen LogP contribution is 2.42. The lowest BCUT2D eigenvalue weighted by Crippen LogP contribution is -2.43. The van der Waals surface area contributed by atoms with Crippen molar-refractivity contribution in [3.05, 3.63) is 17.5 Å². The summed E-state index contributed by atoms with van der Waals surface area (Å²) in [4.78, 5) is 29.6. The van der Waals surface area contributed by atoms with E-state index in [2.05, 4.69) is 15.4 Å². The average molecular weight is 435 g/mol. The second-order valence-corrected chi connectivity index (χ2v) is 9.26. The van der Waals surface area contributed by atoms with Crippen LogP contribution in [0, 0.1) is 18.8 Å². The topological polar surface area (TPSA) is 97.1 Å². The fourth-order valence-electron chi connectivity index (χ4n) is 5.23. The molecule has 3 aliphatic rings. The molecule has 0 spiro atoms. The molecule has 9 nitrogen and oxygen atoms in total. The molecule has 4 atom stereocenters. The van der Waals surface area contributed by atoms with Crippen LogP contribution in [-0.2, 0) is 25.6 Å². The van der Waals surface area contributed by atoms with Crippen LogP contribution in [0.2, 0.25) is 0 Å². The molecule has 4 rings (SSSR count). The van der Waals surface area contributed by atoms with Gasteiger partial charge in [-0.1, -0.05) is 5.16 Å². The molecule has 0 aliphatic carbocycles. The third kappa shape index (κ3) is 5.27. The second-order valence-electron chi connectivity index (χ2n) is 9.26. The highest BCUT2D eigenvalue weighted by atomic mass is 16.5. The van der Waals surface area contributed by atoms with Crippen molar-refractivity contribution in [1.82, 2.24) is 20.3 Å². The minimum Gasteiger partial charge on any atom is -0.378 e. The molecule has 172 valence electrons. The molecule has 1 N–H and O–H groups in total. The molecular formula is C22H34N4O5. The lowest BCUT2D eigenvalue weighted by Gasteiger charge is -2.29. The van der Waals surface area contributed by atoms with Crippen LogP contribution in [0.1, 0.15) is 38.1 Å². The Balaban J connectivity index is 1.46. The smallest absolute Gasteiger partial charge is 0.225 e. The Labute approximate surface area is 183 Å². The summed E-state index contributed by atoms with van der Waals surface area (Å²) in [5.41, 5.74) is 0.886. The predicted octanol–water partition coefficient (Wildman–Crippen LogP) is 0.962. The summed E-state index contributed by atoms with van der Waals surface area (Å²) in [7, 11) is 0. The summed E-state index contributed by atoms with van der Waals surface area (Å²) < 4.78 is 16.7. The molecule has 4 heterocycles. The molecule has 1 aromatic heterocycles. The van der Waals surface area contributed by atoms with Crippen molar-refractivity contribution in [2.45, 2.75) is 58.3 Å². The van der Waals surface area contributed by atoms with Gasteiger partial charge >= 0.3 is 0 Å². The zero-order valence-corrected chi connectivity index (χ0v) is 18.7. The monoisotopic (exact) mass is 434 g/mol. The number of carbonyl (C=O) groups is 2. The Kier molecular flexibility index (Phi) is 6.93. The molecule has 2 amide bonds. The lowest BCUT2D eigenvalue weighted by molar-refractivity contribution is -0.138. The number of morpholine rings is 1. The minimum atomic E-state index is -0.166. The Morgan fingerprint density at radius 1 is 1.26 bits per heavy atom. The zero-order chi connectivity index (χ0) is 22.0. The first-order chi connectivity index (χ1) is 14.9. The van der Waals surface area contributed by atoms with Gasteiger partial charge in [0, 0.05) is 56.7 Å². The summed E-state index contributed by atoms with van der Waals surface area (Å²) in [6, 6.07) is 2.23. The largest absolute Gasteiger partial charge is 0.378 e. The van der Waals surface area contributed by atoms with Crippen LogP contribution in [0.25, 0.3) is 0 Å². The van der Waals surface area contributed by atoms with E-state index in [-0.39, 0.29) is 41.8 Å². The number of hydrogen-bond acceptors (Lipinski definition) is 7. The van der Waals surface area contributed by atoms with Crippen molar-refractivity contribution in [2.24, 2.45) is 11.8 Å².